The van der Waals surface area contributed by atoms with Gasteiger partial charge in [0.2, 0.25) is 5.89 Å². The third-order valence-electron chi connectivity index (χ3n) is 3.72. The second-order valence-electron chi connectivity index (χ2n) is 5.16. The fourth-order valence-electron chi connectivity index (χ4n) is 2.66. The Labute approximate surface area is 131 Å². The quantitative estimate of drug-likeness (QED) is 0.932. The number of rotatable bonds is 4. The molecule has 1 aliphatic rings. The van der Waals surface area contributed by atoms with Crippen LogP contribution in [0.3, 0.4) is 0 Å². The van der Waals surface area contributed by atoms with Crippen molar-refractivity contribution in [3.63, 3.8) is 0 Å². The van der Waals surface area contributed by atoms with Gasteiger partial charge in [0.05, 0.1) is 11.1 Å². The summed E-state index contributed by atoms with van der Waals surface area (Å²) in [6.07, 6.45) is 1.71. The predicted molar refractivity (Wildman–Crippen MR) is 76.6 cm³/mol. The molecule has 0 aliphatic carbocycles. The molecule has 22 heavy (non-hydrogen) atoms. The Morgan fingerprint density at radius 1 is 1.55 bits per heavy atom. The van der Waals surface area contributed by atoms with E-state index in [-0.39, 0.29) is 16.9 Å². The predicted octanol–water partition coefficient (Wildman–Crippen LogP) is 2.30. The van der Waals surface area contributed by atoms with E-state index < -0.39 is 11.7 Å². The lowest BCUT2D eigenvalue weighted by molar-refractivity contribution is 0.0987. The number of hydrogen-bond donors (Lipinski definition) is 1. The van der Waals surface area contributed by atoms with E-state index in [4.69, 9.17) is 21.9 Å². The summed E-state index contributed by atoms with van der Waals surface area (Å²) in [6.45, 7) is 1.15. The molecular formula is C14H14ClFN4O2. The lowest BCUT2D eigenvalue weighted by Gasteiger charge is -2.21. The van der Waals surface area contributed by atoms with E-state index in [0.29, 0.717) is 18.0 Å². The number of likely N-dealkylation sites (tertiary alicyclic amines) is 1. The first-order valence-corrected chi connectivity index (χ1v) is 7.24. The number of halogens is 2. The van der Waals surface area contributed by atoms with Gasteiger partial charge in [0.1, 0.15) is 5.82 Å². The largest absolute Gasteiger partial charge is 0.363 e. The first-order valence-electron chi connectivity index (χ1n) is 6.86. The fourth-order valence-corrected chi connectivity index (χ4v) is 2.85. The molecule has 2 heterocycles. The molecule has 0 bridgehead atoms. The maximum atomic E-state index is 14.0. The highest BCUT2D eigenvalue weighted by Gasteiger charge is 2.31. The highest BCUT2D eigenvalue weighted by Crippen LogP contribution is 2.33. The molecule has 1 aromatic heterocycles. The molecule has 1 fully saturated rings. The van der Waals surface area contributed by atoms with E-state index in [2.05, 4.69) is 10.1 Å². The number of benzene rings is 1. The first-order chi connectivity index (χ1) is 10.6. The number of hydrogen-bond acceptors (Lipinski definition) is 5. The second kappa shape index (κ2) is 6.02. The summed E-state index contributed by atoms with van der Waals surface area (Å²) in [4.78, 5) is 17.1. The molecule has 1 amide bonds. The molecule has 3 rings (SSSR count). The minimum atomic E-state index is -0.736. The zero-order valence-corrected chi connectivity index (χ0v) is 12.4. The molecule has 1 aliphatic heterocycles. The van der Waals surface area contributed by atoms with Crippen molar-refractivity contribution in [3.8, 4) is 0 Å². The summed E-state index contributed by atoms with van der Waals surface area (Å²) >= 11 is 5.81. The molecular weight excluding hydrogens is 311 g/mol. The van der Waals surface area contributed by atoms with Gasteiger partial charge in [0.15, 0.2) is 0 Å². The van der Waals surface area contributed by atoms with Crippen LogP contribution >= 0.6 is 11.6 Å². The van der Waals surface area contributed by atoms with Crippen LogP contribution in [0.5, 0.6) is 0 Å². The minimum Gasteiger partial charge on any atom is -0.363 e. The van der Waals surface area contributed by atoms with Crippen LogP contribution in [0.15, 0.2) is 22.7 Å². The molecule has 2 N–H and O–H groups in total. The molecule has 8 heteroatoms. The number of aromatic nitrogens is 2. The summed E-state index contributed by atoms with van der Waals surface area (Å²) in [5.74, 6) is -0.969. The van der Waals surface area contributed by atoms with Crippen LogP contribution < -0.4 is 5.73 Å². The zero-order valence-electron chi connectivity index (χ0n) is 11.6. The van der Waals surface area contributed by atoms with Crippen molar-refractivity contribution >= 4 is 17.5 Å². The number of primary amides is 1. The van der Waals surface area contributed by atoms with Crippen molar-refractivity contribution in [3.05, 3.63) is 46.3 Å². The highest BCUT2D eigenvalue weighted by molar-refractivity contribution is 6.30. The molecule has 116 valence electrons. The monoisotopic (exact) mass is 324 g/mol. The van der Waals surface area contributed by atoms with Crippen LogP contribution in [-0.2, 0) is 6.54 Å². The summed E-state index contributed by atoms with van der Waals surface area (Å²) in [5, 5.41) is 3.65. The third-order valence-corrected chi connectivity index (χ3v) is 4.01. The van der Waals surface area contributed by atoms with Crippen LogP contribution in [0.1, 0.15) is 41.0 Å². The summed E-state index contributed by atoms with van der Waals surface area (Å²) in [7, 11) is 0. The smallest absolute Gasteiger partial charge is 0.290 e. The van der Waals surface area contributed by atoms with Crippen LogP contribution in [-0.4, -0.2) is 27.5 Å². The summed E-state index contributed by atoms with van der Waals surface area (Å²) in [5.41, 5.74) is 5.63. The lowest BCUT2D eigenvalue weighted by Crippen LogP contribution is -2.24. The second-order valence-corrected chi connectivity index (χ2v) is 5.57. The SMILES string of the molecule is NC(=O)c1noc([C@H]2CCCN2Cc2cccc(Cl)c2F)n1. The molecule has 0 saturated carbocycles. The van der Waals surface area contributed by atoms with Gasteiger partial charge in [-0.2, -0.15) is 4.98 Å². The number of nitrogens with two attached hydrogens (primary N) is 1. The van der Waals surface area contributed by atoms with E-state index in [1.54, 1.807) is 12.1 Å². The van der Waals surface area contributed by atoms with Crippen molar-refractivity contribution < 1.29 is 13.7 Å². The van der Waals surface area contributed by atoms with Gasteiger partial charge in [-0.3, -0.25) is 9.69 Å². The zero-order chi connectivity index (χ0) is 15.7. The van der Waals surface area contributed by atoms with Gasteiger partial charge in [0, 0.05) is 12.1 Å². The normalized spacial score (nSPS) is 18.7. The maximum Gasteiger partial charge on any atom is 0.290 e. The van der Waals surface area contributed by atoms with Crippen molar-refractivity contribution in [1.82, 2.24) is 15.0 Å². The Balaban J connectivity index is 1.81. The summed E-state index contributed by atoms with van der Waals surface area (Å²) in [6, 6.07) is 4.76. The Morgan fingerprint density at radius 2 is 2.36 bits per heavy atom. The molecule has 2 aromatic rings. The lowest BCUT2D eigenvalue weighted by atomic mass is 10.1. The third kappa shape index (κ3) is 2.82. The van der Waals surface area contributed by atoms with Crippen molar-refractivity contribution in [2.75, 3.05) is 6.54 Å². The fraction of sp³-hybridized carbons (Fsp3) is 0.357. The average Bonchev–Trinajstić information content (AvgIpc) is 3.12. The van der Waals surface area contributed by atoms with Gasteiger partial charge in [-0.05, 0) is 25.5 Å². The van der Waals surface area contributed by atoms with Gasteiger partial charge in [-0.15, -0.1) is 0 Å². The number of carbonyl (C=O) groups is 1. The van der Waals surface area contributed by atoms with E-state index >= 15 is 0 Å². The average molecular weight is 325 g/mol. The van der Waals surface area contributed by atoms with Crippen LogP contribution in [0.4, 0.5) is 4.39 Å². The highest BCUT2D eigenvalue weighted by atomic mass is 35.5. The molecule has 0 spiro atoms. The molecule has 1 atom stereocenters. The standard InChI is InChI=1S/C14H14ClFN4O2/c15-9-4-1-3-8(11(9)16)7-20-6-2-5-10(20)14-18-13(12(17)21)19-22-14/h1,3-4,10H,2,5-7H2,(H2,17,21)/t10-/m1/s1. The topological polar surface area (TPSA) is 85.2 Å². The van der Waals surface area contributed by atoms with Crippen molar-refractivity contribution in [2.45, 2.75) is 25.4 Å². The van der Waals surface area contributed by atoms with Crippen molar-refractivity contribution in [2.24, 2.45) is 5.73 Å². The van der Waals surface area contributed by atoms with Gasteiger partial charge in [-0.25, -0.2) is 4.39 Å². The Hall–Kier alpha value is -1.99. The Bertz CT molecular complexity index is 706. The number of nitrogens with zero attached hydrogens (tertiary/aromatic N) is 3. The molecule has 0 unspecified atom stereocenters. The first kappa shape index (κ1) is 14.9. The molecule has 1 aromatic carbocycles. The van der Waals surface area contributed by atoms with Crippen LogP contribution in [0.25, 0.3) is 0 Å². The van der Waals surface area contributed by atoms with E-state index in [1.807, 2.05) is 4.90 Å². The minimum absolute atomic E-state index is 0.0991. The van der Waals surface area contributed by atoms with Gasteiger partial charge in [0.25, 0.3) is 11.7 Å². The van der Waals surface area contributed by atoms with Crippen LogP contribution in [0, 0.1) is 5.82 Å². The summed E-state index contributed by atoms with van der Waals surface area (Å²) < 4.78 is 19.1. The number of carbonyl (C=O) groups excluding carboxylic acids is 1. The van der Waals surface area contributed by atoms with E-state index in [9.17, 15) is 9.18 Å². The van der Waals surface area contributed by atoms with Gasteiger partial charge >= 0.3 is 0 Å². The maximum absolute atomic E-state index is 14.0. The number of amides is 1. The van der Waals surface area contributed by atoms with Crippen LogP contribution in [0.2, 0.25) is 5.02 Å². The molecule has 6 nitrogen and oxygen atoms in total. The Kier molecular flexibility index (Phi) is 4.08. The van der Waals surface area contributed by atoms with Gasteiger partial charge in [-0.1, -0.05) is 28.9 Å². The molecule has 1 saturated heterocycles. The van der Waals surface area contributed by atoms with Crippen molar-refractivity contribution in [1.29, 1.82) is 0 Å². The van der Waals surface area contributed by atoms with Gasteiger partial charge < -0.3 is 10.3 Å². The van der Waals surface area contributed by atoms with E-state index in [0.717, 1.165) is 19.4 Å². The molecule has 0 radical (unpaired) electrons. The van der Waals surface area contributed by atoms with E-state index in [1.165, 1.54) is 6.07 Å². The Morgan fingerprint density at radius 3 is 3.09 bits per heavy atom.